The fourth-order valence-corrected chi connectivity index (χ4v) is 4.23. The smallest absolute Gasteiger partial charge is 0.186 e. The van der Waals surface area contributed by atoms with Crippen LogP contribution in [0.3, 0.4) is 0 Å². The molecule has 0 fully saturated rings. The van der Waals surface area contributed by atoms with Gasteiger partial charge >= 0.3 is 0 Å². The van der Waals surface area contributed by atoms with E-state index >= 15 is 0 Å². The number of aliphatic imine (C=N–C) groups is 1. The summed E-state index contributed by atoms with van der Waals surface area (Å²) in [6, 6.07) is 19.2. The number of hydrogen-bond acceptors (Lipinski definition) is 2. The minimum absolute atomic E-state index is 0.0114. The van der Waals surface area contributed by atoms with Crippen molar-refractivity contribution in [2.24, 2.45) is 16.8 Å². The van der Waals surface area contributed by atoms with Crippen molar-refractivity contribution in [3.05, 3.63) is 83.9 Å². The summed E-state index contributed by atoms with van der Waals surface area (Å²) in [5, 5.41) is 0. The van der Waals surface area contributed by atoms with E-state index in [0.717, 1.165) is 40.1 Å². The minimum Gasteiger partial charge on any atom is -0.478 e. The molecule has 166 valence electrons. The zero-order valence-electron chi connectivity index (χ0n) is 18.8. The van der Waals surface area contributed by atoms with Crippen molar-refractivity contribution in [3.63, 3.8) is 0 Å². The second-order valence-electron chi connectivity index (χ2n) is 8.66. The van der Waals surface area contributed by atoms with Crippen molar-refractivity contribution in [1.29, 1.82) is 0 Å². The van der Waals surface area contributed by atoms with E-state index in [4.69, 9.17) is 9.73 Å². The van der Waals surface area contributed by atoms with Crippen molar-refractivity contribution in [2.75, 3.05) is 6.61 Å². The molecule has 0 saturated carbocycles. The molecule has 32 heavy (non-hydrogen) atoms. The average molecular weight is 434 g/mol. The fourth-order valence-electron chi connectivity index (χ4n) is 4.23. The number of ether oxygens (including phenoxy) is 1. The average Bonchev–Trinajstić information content (AvgIpc) is 3.28. The molecule has 1 aliphatic rings. The predicted octanol–water partition coefficient (Wildman–Crippen LogP) is 7.32. The van der Waals surface area contributed by atoms with Crippen LogP contribution < -0.4 is 0 Å². The van der Waals surface area contributed by atoms with Gasteiger partial charge in [0.05, 0.1) is 6.04 Å². The fraction of sp³-hybridized carbons (Fsp3) is 0.321. The minimum atomic E-state index is -0.262. The van der Waals surface area contributed by atoms with Gasteiger partial charge in [-0.2, -0.15) is 0 Å². The summed E-state index contributed by atoms with van der Waals surface area (Å²) < 4.78 is 33.1. The number of benzene rings is 3. The van der Waals surface area contributed by atoms with Crippen LogP contribution in [0.25, 0.3) is 22.3 Å². The maximum atomic E-state index is 13.6. The van der Waals surface area contributed by atoms with E-state index in [9.17, 15) is 8.78 Å². The summed E-state index contributed by atoms with van der Waals surface area (Å²) in [7, 11) is 0. The molecule has 3 aromatic rings. The van der Waals surface area contributed by atoms with E-state index in [1.807, 2.05) is 6.07 Å². The van der Waals surface area contributed by atoms with Crippen LogP contribution >= 0.6 is 0 Å². The lowest BCUT2D eigenvalue weighted by Crippen LogP contribution is -2.18. The van der Waals surface area contributed by atoms with E-state index in [-0.39, 0.29) is 23.6 Å². The summed E-state index contributed by atoms with van der Waals surface area (Å²) in [5.41, 5.74) is 5.07. The number of halogens is 2. The zero-order chi connectivity index (χ0) is 22.7. The molecule has 0 N–H and O–H groups in total. The summed E-state index contributed by atoms with van der Waals surface area (Å²) in [4.78, 5) is 4.92. The first kappa shape index (κ1) is 22.2. The molecule has 4 rings (SSSR count). The van der Waals surface area contributed by atoms with Crippen LogP contribution in [-0.4, -0.2) is 18.5 Å². The Kier molecular flexibility index (Phi) is 6.69. The summed E-state index contributed by atoms with van der Waals surface area (Å²) >= 11 is 0. The third-order valence-electron chi connectivity index (χ3n) is 6.55. The molecule has 0 spiro atoms. The lowest BCUT2D eigenvalue weighted by atomic mass is 9.88. The van der Waals surface area contributed by atoms with Crippen LogP contribution in [-0.2, 0) is 11.2 Å². The first-order valence-corrected chi connectivity index (χ1v) is 11.3. The molecule has 1 aliphatic heterocycles. The van der Waals surface area contributed by atoms with Crippen LogP contribution in [0.1, 0.15) is 32.8 Å². The molecule has 0 saturated heterocycles. The largest absolute Gasteiger partial charge is 0.478 e. The second kappa shape index (κ2) is 9.64. The lowest BCUT2D eigenvalue weighted by Gasteiger charge is -2.17. The van der Waals surface area contributed by atoms with Gasteiger partial charge in [0, 0.05) is 5.92 Å². The van der Waals surface area contributed by atoms with Gasteiger partial charge in [-0.1, -0.05) is 69.7 Å². The molecular weight excluding hydrogens is 404 g/mol. The standard InChI is InChI=1S/C28H29F2NO/c1-4-18(2)19(3)28-31-24(17-32-28)16-27-25(20-8-12-22(29)13-9-20)6-5-7-26(27)21-10-14-23(30)15-11-21/h5-15,18-19,24H,4,16-17H2,1-3H3/t18-,19-,24-/m0/s1. The van der Waals surface area contributed by atoms with Crippen LogP contribution in [0.15, 0.2) is 71.7 Å². The normalized spacial score (nSPS) is 17.5. The maximum absolute atomic E-state index is 13.6. The SMILES string of the molecule is CC[C@H](C)[C@H](C)C1=N[C@@H](Cc2c(-c3ccc(F)cc3)cccc2-c2ccc(F)cc2)CO1. The van der Waals surface area contributed by atoms with E-state index in [1.54, 1.807) is 24.3 Å². The Bertz CT molecular complexity index is 1030. The molecule has 1 heterocycles. The highest BCUT2D eigenvalue weighted by Crippen LogP contribution is 2.35. The van der Waals surface area contributed by atoms with Gasteiger partial charge in [0.1, 0.15) is 18.2 Å². The monoisotopic (exact) mass is 433 g/mol. The van der Waals surface area contributed by atoms with Gasteiger partial charge in [-0.25, -0.2) is 13.8 Å². The Hall–Kier alpha value is -3.01. The van der Waals surface area contributed by atoms with E-state index in [0.29, 0.717) is 18.9 Å². The molecule has 4 heteroatoms. The van der Waals surface area contributed by atoms with Gasteiger partial charge < -0.3 is 4.74 Å². The Labute approximate surface area is 189 Å². The first-order chi connectivity index (χ1) is 15.5. The van der Waals surface area contributed by atoms with Crippen LogP contribution in [0, 0.1) is 23.5 Å². The van der Waals surface area contributed by atoms with E-state index < -0.39 is 0 Å². The zero-order valence-corrected chi connectivity index (χ0v) is 18.8. The molecule has 2 nitrogen and oxygen atoms in total. The Balaban J connectivity index is 1.74. The Morgan fingerprint density at radius 3 is 1.91 bits per heavy atom. The molecule has 3 aromatic carbocycles. The van der Waals surface area contributed by atoms with Crippen molar-refractivity contribution < 1.29 is 13.5 Å². The van der Waals surface area contributed by atoms with Gasteiger partial charge in [-0.15, -0.1) is 0 Å². The molecule has 0 aliphatic carbocycles. The molecule has 0 bridgehead atoms. The van der Waals surface area contributed by atoms with Gasteiger partial charge in [-0.3, -0.25) is 0 Å². The molecule has 0 radical (unpaired) electrons. The Morgan fingerprint density at radius 1 is 0.875 bits per heavy atom. The van der Waals surface area contributed by atoms with Crippen molar-refractivity contribution in [2.45, 2.75) is 39.7 Å². The van der Waals surface area contributed by atoms with Crippen molar-refractivity contribution >= 4 is 5.90 Å². The molecule has 0 unspecified atom stereocenters. The first-order valence-electron chi connectivity index (χ1n) is 11.3. The van der Waals surface area contributed by atoms with Crippen LogP contribution in [0.4, 0.5) is 8.78 Å². The number of rotatable bonds is 7. The number of nitrogens with zero attached hydrogens (tertiary/aromatic N) is 1. The number of hydrogen-bond donors (Lipinski definition) is 0. The van der Waals surface area contributed by atoms with Crippen molar-refractivity contribution in [3.8, 4) is 22.3 Å². The summed E-state index contributed by atoms with van der Waals surface area (Å²) in [6.07, 6.45) is 1.77. The van der Waals surface area contributed by atoms with Crippen LogP contribution in [0.2, 0.25) is 0 Å². The van der Waals surface area contributed by atoms with Gasteiger partial charge in [0.15, 0.2) is 5.90 Å². The predicted molar refractivity (Wildman–Crippen MR) is 127 cm³/mol. The molecular formula is C28H29F2NO. The molecule has 0 amide bonds. The quantitative estimate of drug-likeness (QED) is 0.382. The van der Waals surface area contributed by atoms with Gasteiger partial charge in [0.2, 0.25) is 0 Å². The van der Waals surface area contributed by atoms with Gasteiger partial charge in [0.25, 0.3) is 0 Å². The second-order valence-corrected chi connectivity index (χ2v) is 8.66. The summed E-state index contributed by atoms with van der Waals surface area (Å²) in [5.74, 6) is 1.11. The van der Waals surface area contributed by atoms with Crippen molar-refractivity contribution in [1.82, 2.24) is 0 Å². The summed E-state index contributed by atoms with van der Waals surface area (Å²) in [6.45, 7) is 7.13. The highest BCUT2D eigenvalue weighted by molar-refractivity contribution is 5.81. The maximum Gasteiger partial charge on any atom is 0.186 e. The van der Waals surface area contributed by atoms with E-state index in [1.165, 1.54) is 24.3 Å². The van der Waals surface area contributed by atoms with Gasteiger partial charge in [-0.05, 0) is 64.4 Å². The highest BCUT2D eigenvalue weighted by atomic mass is 19.1. The lowest BCUT2D eigenvalue weighted by molar-refractivity contribution is 0.283. The van der Waals surface area contributed by atoms with Crippen LogP contribution in [0.5, 0.6) is 0 Å². The third kappa shape index (κ3) is 4.74. The molecule has 0 aromatic heterocycles. The Morgan fingerprint density at radius 2 is 1.41 bits per heavy atom. The highest BCUT2D eigenvalue weighted by Gasteiger charge is 2.27. The third-order valence-corrected chi connectivity index (χ3v) is 6.55. The molecule has 3 atom stereocenters. The topological polar surface area (TPSA) is 21.6 Å². The van der Waals surface area contributed by atoms with E-state index in [2.05, 4.69) is 32.9 Å².